The van der Waals surface area contributed by atoms with E-state index in [1.165, 1.54) is 18.2 Å². The smallest absolute Gasteiger partial charge is 0.354 e. The van der Waals surface area contributed by atoms with Crippen LogP contribution < -0.4 is 0 Å². The van der Waals surface area contributed by atoms with Gasteiger partial charge in [-0.1, -0.05) is 11.6 Å². The predicted octanol–water partition coefficient (Wildman–Crippen LogP) is 3.03. The van der Waals surface area contributed by atoms with Gasteiger partial charge in [0.25, 0.3) is 0 Å². The van der Waals surface area contributed by atoms with Gasteiger partial charge in [-0.05, 0) is 30.7 Å². The summed E-state index contributed by atoms with van der Waals surface area (Å²) in [6.45, 7) is 1.70. The normalized spacial score (nSPS) is 10.7. The molecule has 0 saturated heterocycles. The van der Waals surface area contributed by atoms with Crippen molar-refractivity contribution in [2.75, 3.05) is 0 Å². The summed E-state index contributed by atoms with van der Waals surface area (Å²) in [5.74, 6) is -1.66. The van der Waals surface area contributed by atoms with Crippen molar-refractivity contribution in [3.05, 3.63) is 40.3 Å². The van der Waals surface area contributed by atoms with Crippen LogP contribution in [0.4, 0.5) is 4.39 Å². The number of carboxylic acids is 1. The lowest BCUT2D eigenvalue weighted by molar-refractivity contribution is 0.0691. The highest BCUT2D eigenvalue weighted by Crippen LogP contribution is 2.24. The van der Waals surface area contributed by atoms with Crippen molar-refractivity contribution in [1.82, 2.24) is 4.98 Å². The summed E-state index contributed by atoms with van der Waals surface area (Å²) in [6.07, 6.45) is 0. The lowest BCUT2D eigenvalue weighted by Crippen LogP contribution is -2.01. The molecular formula is C11H7ClFNO2. The minimum absolute atomic E-state index is 0.0676. The van der Waals surface area contributed by atoms with E-state index in [4.69, 9.17) is 16.7 Å². The molecule has 1 aromatic carbocycles. The van der Waals surface area contributed by atoms with Crippen molar-refractivity contribution >= 4 is 28.5 Å². The average molecular weight is 240 g/mol. The number of rotatable bonds is 1. The number of pyridine rings is 1. The molecule has 82 valence electrons. The van der Waals surface area contributed by atoms with Gasteiger partial charge in [-0.15, -0.1) is 0 Å². The summed E-state index contributed by atoms with van der Waals surface area (Å²) in [7, 11) is 0. The lowest BCUT2D eigenvalue weighted by atomic mass is 10.1. The van der Waals surface area contributed by atoms with Gasteiger partial charge in [0.2, 0.25) is 0 Å². The van der Waals surface area contributed by atoms with Crippen molar-refractivity contribution in [3.8, 4) is 0 Å². The third kappa shape index (κ3) is 1.72. The van der Waals surface area contributed by atoms with Gasteiger partial charge in [0.05, 0.1) is 10.5 Å². The Balaban J connectivity index is 2.82. The topological polar surface area (TPSA) is 50.2 Å². The van der Waals surface area contributed by atoms with Crippen LogP contribution in [0.15, 0.2) is 18.2 Å². The van der Waals surface area contributed by atoms with E-state index in [0.717, 1.165) is 0 Å². The van der Waals surface area contributed by atoms with Gasteiger partial charge in [0, 0.05) is 5.39 Å². The fraction of sp³-hybridized carbons (Fsp3) is 0.0909. The molecule has 0 radical (unpaired) electrons. The minimum Gasteiger partial charge on any atom is -0.477 e. The quantitative estimate of drug-likeness (QED) is 0.832. The molecule has 0 fully saturated rings. The van der Waals surface area contributed by atoms with Gasteiger partial charge in [0.15, 0.2) is 0 Å². The van der Waals surface area contributed by atoms with Crippen LogP contribution in [0.1, 0.15) is 16.1 Å². The molecule has 2 rings (SSSR count). The first kappa shape index (κ1) is 10.8. The van der Waals surface area contributed by atoms with Crippen LogP contribution in [0, 0.1) is 12.7 Å². The lowest BCUT2D eigenvalue weighted by Gasteiger charge is -2.04. The van der Waals surface area contributed by atoms with Crippen molar-refractivity contribution in [2.24, 2.45) is 0 Å². The number of aromatic carboxylic acids is 1. The number of aryl methyl sites for hydroxylation is 1. The number of carbonyl (C=O) groups is 1. The maximum atomic E-state index is 13.2. The van der Waals surface area contributed by atoms with E-state index < -0.39 is 11.8 Å². The maximum Gasteiger partial charge on any atom is 0.354 e. The number of hydrogen-bond acceptors (Lipinski definition) is 2. The number of hydrogen-bond donors (Lipinski definition) is 1. The highest BCUT2D eigenvalue weighted by Gasteiger charge is 2.11. The second kappa shape index (κ2) is 3.72. The van der Waals surface area contributed by atoms with Gasteiger partial charge in [-0.2, -0.15) is 0 Å². The molecule has 5 heteroatoms. The van der Waals surface area contributed by atoms with Crippen molar-refractivity contribution in [2.45, 2.75) is 6.92 Å². The number of carboxylic acid groups (broad SMARTS) is 1. The van der Waals surface area contributed by atoms with Gasteiger partial charge in [-0.3, -0.25) is 0 Å². The van der Waals surface area contributed by atoms with Gasteiger partial charge >= 0.3 is 5.97 Å². The molecule has 1 aromatic heterocycles. The van der Waals surface area contributed by atoms with Crippen molar-refractivity contribution < 1.29 is 14.3 Å². The molecule has 0 aliphatic rings. The minimum atomic E-state index is -1.12. The number of nitrogens with zero attached hydrogens (tertiary/aromatic N) is 1. The van der Waals surface area contributed by atoms with Crippen LogP contribution in [0.5, 0.6) is 0 Å². The Morgan fingerprint density at radius 2 is 2.12 bits per heavy atom. The van der Waals surface area contributed by atoms with E-state index in [-0.39, 0.29) is 10.7 Å². The van der Waals surface area contributed by atoms with Crippen LogP contribution in [-0.4, -0.2) is 16.1 Å². The van der Waals surface area contributed by atoms with Gasteiger partial charge in [0.1, 0.15) is 11.5 Å². The molecule has 1 N–H and O–H groups in total. The molecule has 0 spiro atoms. The molecule has 2 aromatic rings. The highest BCUT2D eigenvalue weighted by molar-refractivity contribution is 6.31. The van der Waals surface area contributed by atoms with Crippen molar-refractivity contribution in [3.63, 3.8) is 0 Å². The number of benzene rings is 1. The van der Waals surface area contributed by atoms with E-state index in [1.807, 2.05) is 0 Å². The fourth-order valence-corrected chi connectivity index (χ4v) is 1.66. The summed E-state index contributed by atoms with van der Waals surface area (Å²) in [5.41, 5.74) is 0.953. The van der Waals surface area contributed by atoms with E-state index in [9.17, 15) is 9.18 Å². The Hall–Kier alpha value is -1.68. The molecule has 0 aliphatic carbocycles. The molecule has 0 aliphatic heterocycles. The third-order valence-corrected chi connectivity index (χ3v) is 2.57. The van der Waals surface area contributed by atoms with E-state index in [1.54, 1.807) is 6.92 Å². The van der Waals surface area contributed by atoms with E-state index in [2.05, 4.69) is 4.98 Å². The molecule has 0 saturated carbocycles. The van der Waals surface area contributed by atoms with E-state index >= 15 is 0 Å². The zero-order valence-electron chi connectivity index (χ0n) is 8.29. The van der Waals surface area contributed by atoms with Crippen LogP contribution in [0.2, 0.25) is 5.02 Å². The summed E-state index contributed by atoms with van der Waals surface area (Å²) >= 11 is 5.61. The molecule has 0 atom stereocenters. The molecule has 1 heterocycles. The molecule has 0 bridgehead atoms. The number of fused-ring (bicyclic) bond motifs is 1. The van der Waals surface area contributed by atoms with Crippen LogP contribution >= 0.6 is 11.6 Å². The van der Waals surface area contributed by atoms with Gasteiger partial charge < -0.3 is 5.11 Å². The molecule has 16 heavy (non-hydrogen) atoms. The summed E-state index contributed by atoms with van der Waals surface area (Å²) in [5, 5.41) is 9.32. The maximum absolute atomic E-state index is 13.2. The Morgan fingerprint density at radius 3 is 2.75 bits per heavy atom. The number of aromatic nitrogens is 1. The van der Waals surface area contributed by atoms with E-state index in [0.29, 0.717) is 16.5 Å². The highest BCUT2D eigenvalue weighted by atomic mass is 35.5. The molecule has 3 nitrogen and oxygen atoms in total. The van der Waals surface area contributed by atoms with Crippen LogP contribution in [0.3, 0.4) is 0 Å². The molecular weight excluding hydrogens is 233 g/mol. The zero-order valence-corrected chi connectivity index (χ0v) is 9.05. The zero-order chi connectivity index (χ0) is 11.9. The summed E-state index contributed by atoms with van der Waals surface area (Å²) < 4.78 is 13.2. The Bertz CT molecular complexity index is 598. The van der Waals surface area contributed by atoms with Gasteiger partial charge in [-0.25, -0.2) is 14.2 Å². The predicted molar refractivity (Wildman–Crippen MR) is 58.4 cm³/mol. The Morgan fingerprint density at radius 1 is 1.44 bits per heavy atom. The van der Waals surface area contributed by atoms with Crippen LogP contribution in [-0.2, 0) is 0 Å². The van der Waals surface area contributed by atoms with Crippen molar-refractivity contribution in [1.29, 1.82) is 0 Å². The van der Waals surface area contributed by atoms with Crippen LogP contribution in [0.25, 0.3) is 10.9 Å². The summed E-state index contributed by atoms with van der Waals surface area (Å²) in [6, 6.07) is 3.98. The molecule has 0 unspecified atom stereocenters. The standard InChI is InChI=1S/C11H7ClFNO2/c1-5-2-10(11(15)16)14-9-4-7(12)8(13)3-6(5)9/h2-4H,1H3,(H,15,16). The summed E-state index contributed by atoms with van der Waals surface area (Å²) in [4.78, 5) is 14.7. The first-order chi connectivity index (χ1) is 7.49. The average Bonchev–Trinajstić information content (AvgIpc) is 2.20. The monoisotopic (exact) mass is 239 g/mol. The largest absolute Gasteiger partial charge is 0.477 e. The molecule has 0 amide bonds. The SMILES string of the molecule is Cc1cc(C(=O)O)nc2cc(Cl)c(F)cc12. The first-order valence-electron chi connectivity index (χ1n) is 4.48. The number of halogens is 2. The Labute approximate surface area is 95.5 Å². The fourth-order valence-electron chi connectivity index (χ4n) is 1.50. The second-order valence-corrected chi connectivity index (χ2v) is 3.82. The Kier molecular flexibility index (Phi) is 2.52. The second-order valence-electron chi connectivity index (χ2n) is 3.41. The first-order valence-corrected chi connectivity index (χ1v) is 4.86. The third-order valence-electron chi connectivity index (χ3n) is 2.28.